The monoisotopic (exact) mass is 209 g/mol. The standard InChI is InChI=1S/C12H19NO2/c1-12(9-14,8-13-2)10-4-6-11(15-3)7-5-10/h4-7,13-14H,8-9H2,1-3H3. The fraction of sp³-hybridized carbons (Fsp3) is 0.500. The maximum atomic E-state index is 9.43. The lowest BCUT2D eigenvalue weighted by Crippen LogP contribution is -2.37. The van der Waals surface area contributed by atoms with Crippen molar-refractivity contribution in [2.75, 3.05) is 27.3 Å². The van der Waals surface area contributed by atoms with Crippen molar-refractivity contribution >= 4 is 0 Å². The van der Waals surface area contributed by atoms with Gasteiger partial charge in [0.1, 0.15) is 5.75 Å². The van der Waals surface area contributed by atoms with Crippen LogP contribution in [0.2, 0.25) is 0 Å². The van der Waals surface area contributed by atoms with Gasteiger partial charge >= 0.3 is 0 Å². The van der Waals surface area contributed by atoms with E-state index < -0.39 is 0 Å². The molecule has 0 aliphatic carbocycles. The van der Waals surface area contributed by atoms with Gasteiger partial charge in [-0.2, -0.15) is 0 Å². The molecule has 0 bridgehead atoms. The van der Waals surface area contributed by atoms with E-state index in [9.17, 15) is 5.11 Å². The van der Waals surface area contributed by atoms with E-state index in [1.165, 1.54) is 0 Å². The summed E-state index contributed by atoms with van der Waals surface area (Å²) in [6, 6.07) is 7.82. The molecule has 0 aromatic heterocycles. The molecule has 0 fully saturated rings. The Morgan fingerprint density at radius 1 is 1.33 bits per heavy atom. The van der Waals surface area contributed by atoms with Crippen LogP contribution in [0.3, 0.4) is 0 Å². The molecule has 3 heteroatoms. The topological polar surface area (TPSA) is 41.5 Å². The van der Waals surface area contributed by atoms with E-state index in [4.69, 9.17) is 4.74 Å². The first-order valence-electron chi connectivity index (χ1n) is 5.06. The highest BCUT2D eigenvalue weighted by atomic mass is 16.5. The Kier molecular flexibility index (Phi) is 4.12. The molecule has 0 saturated heterocycles. The summed E-state index contributed by atoms with van der Waals surface area (Å²) in [4.78, 5) is 0. The summed E-state index contributed by atoms with van der Waals surface area (Å²) in [6.45, 7) is 2.90. The maximum Gasteiger partial charge on any atom is 0.118 e. The summed E-state index contributed by atoms with van der Waals surface area (Å²) in [6.07, 6.45) is 0. The Balaban J connectivity index is 2.92. The van der Waals surface area contributed by atoms with Crippen molar-refractivity contribution in [3.63, 3.8) is 0 Å². The van der Waals surface area contributed by atoms with E-state index in [1.54, 1.807) is 7.11 Å². The number of benzene rings is 1. The first-order chi connectivity index (χ1) is 7.16. The Morgan fingerprint density at radius 3 is 2.33 bits per heavy atom. The van der Waals surface area contributed by atoms with E-state index in [0.29, 0.717) is 0 Å². The number of likely N-dealkylation sites (N-methyl/N-ethyl adjacent to an activating group) is 1. The molecule has 0 aliphatic rings. The van der Waals surface area contributed by atoms with Gasteiger partial charge in [0.25, 0.3) is 0 Å². The minimum absolute atomic E-state index is 0.125. The number of rotatable bonds is 5. The molecule has 0 saturated carbocycles. The van der Waals surface area contributed by atoms with Crippen molar-refractivity contribution in [1.29, 1.82) is 0 Å². The summed E-state index contributed by atoms with van der Waals surface area (Å²) < 4.78 is 5.10. The lowest BCUT2D eigenvalue weighted by atomic mass is 9.83. The third kappa shape index (κ3) is 2.70. The van der Waals surface area contributed by atoms with Crippen molar-refractivity contribution in [1.82, 2.24) is 5.32 Å². The van der Waals surface area contributed by atoms with Gasteiger partial charge in [0, 0.05) is 12.0 Å². The summed E-state index contributed by atoms with van der Waals surface area (Å²) >= 11 is 0. The third-order valence-corrected chi connectivity index (χ3v) is 2.70. The molecule has 1 aromatic carbocycles. The average Bonchev–Trinajstić information content (AvgIpc) is 2.29. The van der Waals surface area contributed by atoms with Crippen molar-refractivity contribution in [3.05, 3.63) is 29.8 Å². The van der Waals surface area contributed by atoms with Gasteiger partial charge in [0.2, 0.25) is 0 Å². The number of methoxy groups -OCH3 is 1. The Bertz CT molecular complexity index is 297. The van der Waals surface area contributed by atoms with Crippen LogP contribution < -0.4 is 10.1 Å². The molecule has 1 aromatic rings. The molecular formula is C12H19NO2. The van der Waals surface area contributed by atoms with Gasteiger partial charge in [0.15, 0.2) is 0 Å². The quantitative estimate of drug-likeness (QED) is 0.764. The first kappa shape index (κ1) is 12.0. The number of hydrogen-bond donors (Lipinski definition) is 2. The van der Waals surface area contributed by atoms with Crippen molar-refractivity contribution in [2.24, 2.45) is 0 Å². The van der Waals surface area contributed by atoms with Crippen LogP contribution in [-0.2, 0) is 5.41 Å². The third-order valence-electron chi connectivity index (χ3n) is 2.70. The van der Waals surface area contributed by atoms with Gasteiger partial charge in [-0.1, -0.05) is 19.1 Å². The molecule has 0 aliphatic heterocycles. The van der Waals surface area contributed by atoms with Crippen LogP contribution in [0, 0.1) is 0 Å². The lowest BCUT2D eigenvalue weighted by Gasteiger charge is -2.27. The van der Waals surface area contributed by atoms with E-state index in [2.05, 4.69) is 5.32 Å². The predicted molar refractivity (Wildman–Crippen MR) is 61.4 cm³/mol. The first-order valence-corrected chi connectivity index (χ1v) is 5.06. The molecule has 1 unspecified atom stereocenters. The second kappa shape index (κ2) is 5.14. The van der Waals surface area contributed by atoms with Gasteiger partial charge in [-0.15, -0.1) is 0 Å². The summed E-state index contributed by atoms with van der Waals surface area (Å²) in [7, 11) is 3.53. The van der Waals surface area contributed by atoms with Crippen LogP contribution in [0.4, 0.5) is 0 Å². The zero-order valence-electron chi connectivity index (χ0n) is 9.58. The SMILES string of the molecule is CNCC(C)(CO)c1ccc(OC)cc1. The van der Waals surface area contributed by atoms with Crippen LogP contribution in [0.1, 0.15) is 12.5 Å². The van der Waals surface area contributed by atoms with E-state index in [-0.39, 0.29) is 12.0 Å². The van der Waals surface area contributed by atoms with Gasteiger partial charge in [-0.25, -0.2) is 0 Å². The van der Waals surface area contributed by atoms with Crippen molar-refractivity contribution in [2.45, 2.75) is 12.3 Å². The second-order valence-corrected chi connectivity index (χ2v) is 3.98. The molecule has 0 radical (unpaired) electrons. The summed E-state index contributed by atoms with van der Waals surface area (Å²) in [5, 5.41) is 12.5. The second-order valence-electron chi connectivity index (χ2n) is 3.98. The Hall–Kier alpha value is -1.06. The molecule has 0 heterocycles. The molecule has 0 spiro atoms. The predicted octanol–water partition coefficient (Wildman–Crippen LogP) is 1.16. The van der Waals surface area contributed by atoms with Crippen LogP contribution in [0.5, 0.6) is 5.75 Å². The molecule has 84 valence electrons. The minimum Gasteiger partial charge on any atom is -0.497 e. The minimum atomic E-state index is -0.235. The highest BCUT2D eigenvalue weighted by Crippen LogP contribution is 2.24. The largest absolute Gasteiger partial charge is 0.497 e. The normalized spacial score (nSPS) is 14.7. The van der Waals surface area contributed by atoms with Gasteiger partial charge in [-0.3, -0.25) is 0 Å². The van der Waals surface area contributed by atoms with Crippen LogP contribution in [0.25, 0.3) is 0 Å². The fourth-order valence-corrected chi connectivity index (χ4v) is 1.63. The Labute approximate surface area is 91.1 Å². The number of hydrogen-bond acceptors (Lipinski definition) is 3. The molecule has 1 rings (SSSR count). The van der Waals surface area contributed by atoms with Gasteiger partial charge in [0.05, 0.1) is 13.7 Å². The zero-order valence-corrected chi connectivity index (χ0v) is 9.58. The van der Waals surface area contributed by atoms with Crippen LogP contribution in [0.15, 0.2) is 24.3 Å². The highest BCUT2D eigenvalue weighted by Gasteiger charge is 2.24. The molecule has 3 nitrogen and oxygen atoms in total. The molecule has 15 heavy (non-hydrogen) atoms. The molecular weight excluding hydrogens is 190 g/mol. The highest BCUT2D eigenvalue weighted by molar-refractivity contribution is 5.32. The van der Waals surface area contributed by atoms with Crippen molar-refractivity contribution in [3.8, 4) is 5.75 Å². The molecule has 2 N–H and O–H groups in total. The van der Waals surface area contributed by atoms with Crippen LogP contribution >= 0.6 is 0 Å². The summed E-state index contributed by atoms with van der Waals surface area (Å²) in [5.74, 6) is 0.837. The number of aliphatic hydroxyl groups excluding tert-OH is 1. The lowest BCUT2D eigenvalue weighted by molar-refractivity contribution is 0.204. The molecule has 1 atom stereocenters. The van der Waals surface area contributed by atoms with Gasteiger partial charge < -0.3 is 15.2 Å². The van der Waals surface area contributed by atoms with Crippen molar-refractivity contribution < 1.29 is 9.84 Å². The number of ether oxygens (including phenoxy) is 1. The average molecular weight is 209 g/mol. The van der Waals surface area contributed by atoms with E-state index in [1.807, 2.05) is 38.2 Å². The van der Waals surface area contributed by atoms with E-state index in [0.717, 1.165) is 17.9 Å². The van der Waals surface area contributed by atoms with Gasteiger partial charge in [-0.05, 0) is 24.7 Å². The smallest absolute Gasteiger partial charge is 0.118 e. The maximum absolute atomic E-state index is 9.43. The fourth-order valence-electron chi connectivity index (χ4n) is 1.63. The zero-order chi connectivity index (χ0) is 11.3. The number of nitrogens with one attached hydrogen (secondary N) is 1. The Morgan fingerprint density at radius 2 is 1.93 bits per heavy atom. The van der Waals surface area contributed by atoms with E-state index >= 15 is 0 Å². The summed E-state index contributed by atoms with van der Waals surface area (Å²) in [5.41, 5.74) is 0.876. The number of aliphatic hydroxyl groups is 1. The molecule has 0 amide bonds. The van der Waals surface area contributed by atoms with Crippen LogP contribution in [-0.4, -0.2) is 32.4 Å².